The van der Waals surface area contributed by atoms with E-state index in [-0.39, 0.29) is 73.0 Å². The molecule has 2 aromatic heterocycles. The minimum atomic E-state index is -1.37. The second-order valence-electron chi connectivity index (χ2n) is 21.2. The second-order valence-corrected chi connectivity index (χ2v) is 21.2. The number of aromatic nitrogens is 4. The van der Waals surface area contributed by atoms with Crippen LogP contribution in [0.1, 0.15) is 90.8 Å². The zero-order valence-electron chi connectivity index (χ0n) is 48.2. The van der Waals surface area contributed by atoms with Gasteiger partial charge in [0.25, 0.3) is 5.56 Å². The van der Waals surface area contributed by atoms with Crippen LogP contribution in [0.4, 0.5) is 5.69 Å². The topological polar surface area (TPSA) is 401 Å². The number of fused-ring (bicyclic) bond motifs is 1. The average molecular weight is 1150 g/mol. The number of hydrogen-bond donors (Lipinski definition) is 12. The van der Waals surface area contributed by atoms with Crippen molar-refractivity contribution in [1.82, 2.24) is 61.6 Å². The molecular weight excluding hydrogens is 1070 g/mol. The molecule has 27 heteroatoms. The Bertz CT molecular complexity index is 2920. The number of rotatable bonds is 31. The second kappa shape index (κ2) is 32.1. The van der Waals surface area contributed by atoms with E-state index in [4.69, 9.17) is 17.2 Å². The number of aliphatic imine (C=N–C) groups is 1. The molecule has 0 saturated carbocycles. The van der Waals surface area contributed by atoms with Gasteiger partial charge in [0.2, 0.25) is 47.3 Å². The number of phenolic OH excluding ortho intramolecular Hbond substituents is 1. The third-order valence-corrected chi connectivity index (χ3v) is 14.3. The Morgan fingerprint density at radius 3 is 2.00 bits per heavy atom. The van der Waals surface area contributed by atoms with E-state index in [1.54, 1.807) is 29.2 Å². The normalized spacial score (nSPS) is 14.9. The zero-order valence-corrected chi connectivity index (χ0v) is 48.2. The first-order chi connectivity index (χ1) is 39.6. The number of imidazole rings is 1. The van der Waals surface area contributed by atoms with Gasteiger partial charge in [-0.3, -0.25) is 52.7 Å². The molecule has 2 aromatic carbocycles. The molecule has 452 valence electrons. The van der Waals surface area contributed by atoms with Crippen molar-refractivity contribution in [3.05, 3.63) is 82.9 Å². The highest BCUT2D eigenvalue weighted by molar-refractivity contribution is 5.96. The first-order valence-corrected chi connectivity index (χ1v) is 28.1. The van der Waals surface area contributed by atoms with Crippen LogP contribution in [0.3, 0.4) is 0 Å². The lowest BCUT2D eigenvalue weighted by molar-refractivity contribution is -0.138. The number of amides is 8. The summed E-state index contributed by atoms with van der Waals surface area (Å²) in [5, 5.41) is 29.3. The minimum Gasteiger partial charge on any atom is -0.508 e. The molecule has 4 aromatic rings. The molecule has 5 rings (SSSR count). The molecule has 0 radical (unpaired) electrons. The number of unbranched alkanes of at least 4 members (excludes halogenated alkanes) is 1. The maximum Gasteiger partial charge on any atom is 0.261 e. The van der Waals surface area contributed by atoms with Gasteiger partial charge in [0.1, 0.15) is 48.5 Å². The van der Waals surface area contributed by atoms with Crippen molar-refractivity contribution < 1.29 is 43.5 Å². The maximum absolute atomic E-state index is 14.4. The summed E-state index contributed by atoms with van der Waals surface area (Å²) in [7, 11) is 1.45. The maximum atomic E-state index is 14.4. The van der Waals surface area contributed by atoms with Crippen LogP contribution in [0.5, 0.6) is 5.75 Å². The lowest BCUT2D eigenvalue weighted by atomic mass is 9.97. The number of piperazine rings is 1. The predicted octanol–water partition coefficient (Wildman–Crippen LogP) is -1.09. The van der Waals surface area contributed by atoms with Gasteiger partial charge in [-0.2, -0.15) is 0 Å². The van der Waals surface area contributed by atoms with E-state index >= 15 is 0 Å². The van der Waals surface area contributed by atoms with Gasteiger partial charge in [0.15, 0.2) is 5.96 Å². The fourth-order valence-corrected chi connectivity index (χ4v) is 9.56. The SMILES string of the molecule is CC[C@H](C)[C@H](NC(C)=O)C(=O)N[C@@H](CCCCN)C(=O)N1CCN(c2ccc3ncn(CC(=O)N[C@@H](CCCN=C(N)N)C(=O)N[C@@H](Cc4cnc[nH]4)C(=O)N[C@@H](Cc4ccc(O)cc4)C(=O)N[C@@H](CC(C)C)C(=O)NC)c(=O)c3c2)CC1. The van der Waals surface area contributed by atoms with Crippen molar-refractivity contribution in [3.8, 4) is 5.75 Å². The summed E-state index contributed by atoms with van der Waals surface area (Å²) in [6, 6.07) is 4.64. The number of nitrogens with one attached hydrogen (secondary N) is 8. The number of carbonyl (C=O) groups is 8. The molecule has 8 amide bonds. The fourth-order valence-electron chi connectivity index (χ4n) is 9.56. The van der Waals surface area contributed by atoms with E-state index in [2.05, 4.69) is 57.2 Å². The first kappa shape index (κ1) is 65.2. The van der Waals surface area contributed by atoms with Gasteiger partial charge in [-0.25, -0.2) is 9.97 Å². The molecule has 0 bridgehead atoms. The van der Waals surface area contributed by atoms with Gasteiger partial charge in [-0.15, -0.1) is 0 Å². The van der Waals surface area contributed by atoms with E-state index in [0.717, 1.165) is 4.57 Å². The van der Waals surface area contributed by atoms with Crippen LogP contribution in [0.2, 0.25) is 0 Å². The van der Waals surface area contributed by atoms with Crippen LogP contribution in [0.15, 0.2) is 71.1 Å². The van der Waals surface area contributed by atoms with E-state index < -0.39 is 83.8 Å². The molecule has 1 fully saturated rings. The van der Waals surface area contributed by atoms with Gasteiger partial charge in [0, 0.05) is 77.1 Å². The first-order valence-electron chi connectivity index (χ1n) is 28.1. The summed E-state index contributed by atoms with van der Waals surface area (Å²) in [4.78, 5) is 142. The summed E-state index contributed by atoms with van der Waals surface area (Å²) in [6.07, 6.45) is 6.59. The van der Waals surface area contributed by atoms with Crippen LogP contribution >= 0.6 is 0 Å². The number of H-pyrrole nitrogens is 1. The molecule has 3 heterocycles. The van der Waals surface area contributed by atoms with Crippen molar-refractivity contribution in [2.24, 2.45) is 34.0 Å². The number of anilines is 1. The number of phenols is 1. The number of benzene rings is 2. The Labute approximate surface area is 482 Å². The fraction of sp³-hybridized carbons (Fsp3) is 0.536. The Hall–Kier alpha value is -8.62. The lowest BCUT2D eigenvalue weighted by Crippen LogP contribution is -2.59. The number of guanidine groups is 1. The standard InChI is InChI=1S/C56H83N17O10/c1-7-34(4)48(65-35(5)74)53(81)67-43(11-8-9-19-57)55(83)72-23-21-71(22-24-72)38-15-18-41-40(28-38)54(82)73(32-64-41)30-47(76)66-42(12-10-20-62-56(58)59)50(78)70-46(27-37-29-61-31-63-37)52(80)69-45(26-36-13-16-39(75)17-14-36)51(79)68-44(25-33(2)3)49(77)60-6/h13-18,28-29,31-34,42-46,48,75H,7-12,19-27,30,57H2,1-6H3,(H,60,77)(H,61,63)(H,65,74)(H,66,76)(H,67,81)(H,68,79)(H,69,80)(H,70,78)(H4,58,59,62)/t34-,42-,43-,44-,45-,46-,48-/m0/s1. The third-order valence-electron chi connectivity index (χ3n) is 14.3. The molecule has 1 saturated heterocycles. The predicted molar refractivity (Wildman–Crippen MR) is 312 cm³/mol. The van der Waals surface area contributed by atoms with Crippen LogP contribution < -0.4 is 64.9 Å². The summed E-state index contributed by atoms with van der Waals surface area (Å²) in [6.45, 7) is 10.3. The van der Waals surface area contributed by atoms with Crippen molar-refractivity contribution >= 4 is 69.8 Å². The van der Waals surface area contributed by atoms with Crippen LogP contribution in [0.25, 0.3) is 10.9 Å². The highest BCUT2D eigenvalue weighted by Gasteiger charge is 2.35. The Kier molecular flexibility index (Phi) is 25.2. The van der Waals surface area contributed by atoms with Crippen molar-refractivity contribution in [1.29, 1.82) is 0 Å². The molecule has 15 N–H and O–H groups in total. The quantitative estimate of drug-likeness (QED) is 0.0162. The molecular formula is C56H83N17O10. The molecule has 0 spiro atoms. The van der Waals surface area contributed by atoms with Gasteiger partial charge in [-0.1, -0.05) is 46.2 Å². The molecule has 7 atom stereocenters. The molecule has 1 aliphatic heterocycles. The molecule has 27 nitrogen and oxygen atoms in total. The molecule has 83 heavy (non-hydrogen) atoms. The summed E-state index contributed by atoms with van der Waals surface area (Å²) < 4.78 is 1.10. The van der Waals surface area contributed by atoms with Crippen LogP contribution in [-0.4, -0.2) is 165 Å². The number of carbonyl (C=O) groups excluding carboxylic acids is 8. The third kappa shape index (κ3) is 20.1. The van der Waals surface area contributed by atoms with Crippen LogP contribution in [-0.2, 0) is 57.7 Å². The van der Waals surface area contributed by atoms with E-state index in [9.17, 15) is 48.3 Å². The number of hydrogen-bond acceptors (Lipinski definition) is 15. The van der Waals surface area contributed by atoms with E-state index in [1.165, 1.54) is 45.0 Å². The largest absolute Gasteiger partial charge is 0.508 e. The molecule has 0 unspecified atom stereocenters. The Morgan fingerprint density at radius 2 is 1.40 bits per heavy atom. The van der Waals surface area contributed by atoms with E-state index in [0.29, 0.717) is 87.3 Å². The average Bonchev–Trinajstić information content (AvgIpc) is 4.13. The monoisotopic (exact) mass is 1150 g/mol. The number of aromatic amines is 1. The molecule has 1 aliphatic rings. The van der Waals surface area contributed by atoms with Crippen molar-refractivity contribution in [2.75, 3.05) is 51.2 Å². The zero-order chi connectivity index (χ0) is 60.8. The highest BCUT2D eigenvalue weighted by atomic mass is 16.3. The van der Waals surface area contributed by atoms with Gasteiger partial charge < -0.3 is 74.3 Å². The summed E-state index contributed by atoms with van der Waals surface area (Å²) >= 11 is 0. The van der Waals surface area contributed by atoms with Crippen LogP contribution in [0, 0.1) is 11.8 Å². The van der Waals surface area contributed by atoms with E-state index in [1.807, 2.05) is 38.7 Å². The van der Waals surface area contributed by atoms with Crippen molar-refractivity contribution in [2.45, 2.75) is 135 Å². The summed E-state index contributed by atoms with van der Waals surface area (Å²) in [5.41, 5.74) is 18.4. The minimum absolute atomic E-state index is 0.0124. The number of aromatic hydroxyl groups is 1. The number of likely N-dealkylation sites (N-methyl/N-ethyl adjacent to an activating group) is 1. The van der Waals surface area contributed by atoms with Gasteiger partial charge >= 0.3 is 0 Å². The lowest BCUT2D eigenvalue weighted by Gasteiger charge is -2.38. The van der Waals surface area contributed by atoms with Crippen molar-refractivity contribution in [3.63, 3.8) is 0 Å². The number of nitrogens with zero attached hydrogens (tertiary/aromatic N) is 6. The smallest absolute Gasteiger partial charge is 0.261 e. The highest BCUT2D eigenvalue weighted by Crippen LogP contribution is 2.22. The molecule has 0 aliphatic carbocycles. The van der Waals surface area contributed by atoms with Gasteiger partial charge in [0.05, 0.1) is 23.6 Å². The van der Waals surface area contributed by atoms with Gasteiger partial charge in [-0.05, 0) is 92.8 Å². The summed E-state index contributed by atoms with van der Waals surface area (Å²) in [5.74, 6) is -4.85. The Morgan fingerprint density at radius 1 is 0.759 bits per heavy atom. The Balaban J connectivity index is 1.32. The number of nitrogens with two attached hydrogens (primary N) is 3.